The molecule has 0 bridgehead atoms. The van der Waals surface area contributed by atoms with Crippen LogP contribution in [0, 0.1) is 0 Å². The average Bonchev–Trinajstić information content (AvgIpc) is 3.65. The molecule has 2 fully saturated rings. The standard InChI is InChI=1S/C37H51N7O9/c1-25(33(47)42-21-14-20-30(42)31(45)38-39-35(49)53-37(3,4)5)41(6)32(46)26(2)44(52-24-28-17-11-8-12-18-28)34(48)29-19-13-22-43(40-29)36(50)51-23-27-15-9-7-10-16-27/h7-12,15-18,25-26,29-30,40H,13-14,19-24H2,1-6H3,(H,38,45)(H,39,49)/t25-,26+,29-,30+/m1/s1. The predicted molar refractivity (Wildman–Crippen MR) is 192 cm³/mol. The molecule has 2 aromatic carbocycles. The monoisotopic (exact) mass is 737 g/mol. The Hall–Kier alpha value is -5.22. The first-order valence-electron chi connectivity index (χ1n) is 17.8. The van der Waals surface area contributed by atoms with Crippen molar-refractivity contribution < 1.29 is 43.1 Å². The second kappa shape index (κ2) is 18.5. The highest BCUT2D eigenvalue weighted by molar-refractivity contribution is 5.94. The zero-order valence-corrected chi connectivity index (χ0v) is 31.2. The topological polar surface area (TPSA) is 179 Å². The van der Waals surface area contributed by atoms with Crippen molar-refractivity contribution >= 4 is 35.8 Å². The lowest BCUT2D eigenvalue weighted by molar-refractivity contribution is -0.211. The van der Waals surface area contributed by atoms with Gasteiger partial charge in [0.1, 0.15) is 43.0 Å². The third-order valence-electron chi connectivity index (χ3n) is 8.86. The number of benzene rings is 2. The normalized spacial score (nSPS) is 18.3. The number of nitrogens with one attached hydrogen (secondary N) is 3. The zero-order chi connectivity index (χ0) is 38.7. The molecule has 2 heterocycles. The van der Waals surface area contributed by atoms with Crippen molar-refractivity contribution in [2.45, 2.75) is 103 Å². The first-order valence-corrected chi connectivity index (χ1v) is 17.8. The maximum absolute atomic E-state index is 14.1. The first-order chi connectivity index (χ1) is 25.2. The summed E-state index contributed by atoms with van der Waals surface area (Å²) < 4.78 is 10.6. The summed E-state index contributed by atoms with van der Waals surface area (Å²) in [4.78, 5) is 88.3. The fourth-order valence-electron chi connectivity index (χ4n) is 5.92. The highest BCUT2D eigenvalue weighted by atomic mass is 16.7. The lowest BCUT2D eigenvalue weighted by Crippen LogP contribution is -2.61. The SMILES string of the molecule is C[C@H](C(=O)N1CCC[C@H]1C(=O)NNC(=O)OC(C)(C)C)N(C)C(=O)[C@H](C)N(OCc1ccccc1)C(=O)[C@H]1CCCN(C(=O)OCc2ccccc2)N1. The van der Waals surface area contributed by atoms with E-state index in [1.807, 2.05) is 60.7 Å². The number of rotatable bonds is 11. The molecule has 0 aromatic heterocycles. The molecular weight excluding hydrogens is 686 g/mol. The third kappa shape index (κ3) is 11.4. The summed E-state index contributed by atoms with van der Waals surface area (Å²) in [5.74, 6) is -2.25. The van der Waals surface area contributed by atoms with Crippen LogP contribution in [0.5, 0.6) is 0 Å². The van der Waals surface area contributed by atoms with Crippen molar-refractivity contribution in [1.82, 2.24) is 36.1 Å². The minimum atomic E-state index is -1.19. The lowest BCUT2D eigenvalue weighted by Gasteiger charge is -2.38. The predicted octanol–water partition coefficient (Wildman–Crippen LogP) is 3.03. The largest absolute Gasteiger partial charge is 0.444 e. The molecule has 2 aliphatic heterocycles. The summed E-state index contributed by atoms with van der Waals surface area (Å²) in [6, 6.07) is 14.3. The van der Waals surface area contributed by atoms with Gasteiger partial charge in [-0.2, -0.15) is 0 Å². The van der Waals surface area contributed by atoms with E-state index in [1.165, 1.54) is 35.7 Å². The van der Waals surface area contributed by atoms with Crippen molar-refractivity contribution in [3.8, 4) is 0 Å². The van der Waals surface area contributed by atoms with Gasteiger partial charge in [-0.25, -0.2) is 30.5 Å². The number of hydrogen-bond acceptors (Lipinski definition) is 10. The maximum Gasteiger partial charge on any atom is 0.426 e. The lowest BCUT2D eigenvalue weighted by atomic mass is 10.1. The molecule has 4 rings (SSSR count). The number of hydrazine groups is 2. The smallest absolute Gasteiger partial charge is 0.426 e. The van der Waals surface area contributed by atoms with Gasteiger partial charge < -0.3 is 19.3 Å². The van der Waals surface area contributed by atoms with Crippen LogP contribution in [-0.2, 0) is 46.7 Å². The molecule has 2 aliphatic rings. The molecule has 4 atom stereocenters. The minimum Gasteiger partial charge on any atom is -0.444 e. The molecule has 3 N–H and O–H groups in total. The van der Waals surface area contributed by atoms with Crippen LogP contribution < -0.4 is 16.3 Å². The van der Waals surface area contributed by atoms with Gasteiger partial charge in [0, 0.05) is 20.1 Å². The molecule has 0 saturated carbocycles. The minimum absolute atomic E-state index is 0.0279. The second-order valence-corrected chi connectivity index (χ2v) is 14.0. The Morgan fingerprint density at radius 3 is 2.08 bits per heavy atom. The molecule has 2 aromatic rings. The summed E-state index contributed by atoms with van der Waals surface area (Å²) in [6.07, 6.45) is 0.255. The van der Waals surface area contributed by atoms with E-state index in [9.17, 15) is 28.8 Å². The summed E-state index contributed by atoms with van der Waals surface area (Å²) in [5.41, 5.74) is 8.26. The molecule has 16 heteroatoms. The van der Waals surface area contributed by atoms with Crippen LogP contribution in [0.1, 0.15) is 71.4 Å². The summed E-state index contributed by atoms with van der Waals surface area (Å²) in [6.45, 7) is 8.71. The quantitative estimate of drug-likeness (QED) is 0.291. The van der Waals surface area contributed by atoms with Crippen LogP contribution in [0.3, 0.4) is 0 Å². The van der Waals surface area contributed by atoms with Gasteiger partial charge in [-0.05, 0) is 71.4 Å². The van der Waals surface area contributed by atoms with Crippen LogP contribution in [0.2, 0.25) is 0 Å². The number of nitrogens with zero attached hydrogens (tertiary/aromatic N) is 4. The Bertz CT molecular complexity index is 1590. The van der Waals surface area contributed by atoms with E-state index in [0.29, 0.717) is 32.2 Å². The van der Waals surface area contributed by atoms with Crippen LogP contribution >= 0.6 is 0 Å². The van der Waals surface area contributed by atoms with Gasteiger partial charge in [0.15, 0.2) is 0 Å². The van der Waals surface area contributed by atoms with E-state index >= 15 is 0 Å². The average molecular weight is 738 g/mol. The number of likely N-dealkylation sites (tertiary alicyclic amines) is 1. The van der Waals surface area contributed by atoms with Crippen molar-refractivity contribution in [3.63, 3.8) is 0 Å². The number of ether oxygens (including phenoxy) is 2. The maximum atomic E-state index is 14.1. The summed E-state index contributed by atoms with van der Waals surface area (Å²) in [5, 5.41) is 2.24. The van der Waals surface area contributed by atoms with Crippen molar-refractivity contribution in [2.24, 2.45) is 0 Å². The van der Waals surface area contributed by atoms with Crippen molar-refractivity contribution in [1.29, 1.82) is 0 Å². The van der Waals surface area contributed by atoms with E-state index in [0.717, 1.165) is 16.2 Å². The Balaban J connectivity index is 1.42. The Morgan fingerprint density at radius 2 is 1.45 bits per heavy atom. The summed E-state index contributed by atoms with van der Waals surface area (Å²) >= 11 is 0. The van der Waals surface area contributed by atoms with Crippen LogP contribution in [0.25, 0.3) is 0 Å². The number of carbonyl (C=O) groups is 6. The van der Waals surface area contributed by atoms with Crippen molar-refractivity contribution in [2.75, 3.05) is 20.1 Å². The second-order valence-electron chi connectivity index (χ2n) is 14.0. The Kier molecular flexibility index (Phi) is 14.2. The fourth-order valence-corrected chi connectivity index (χ4v) is 5.92. The van der Waals surface area contributed by atoms with Gasteiger partial charge in [-0.15, -0.1) is 0 Å². The number of amides is 6. The molecule has 6 amide bonds. The fraction of sp³-hybridized carbons (Fsp3) is 0.514. The third-order valence-corrected chi connectivity index (χ3v) is 8.86. The Morgan fingerprint density at radius 1 is 0.849 bits per heavy atom. The van der Waals surface area contributed by atoms with E-state index in [2.05, 4.69) is 16.3 Å². The van der Waals surface area contributed by atoms with Gasteiger partial charge in [-0.1, -0.05) is 60.7 Å². The van der Waals surface area contributed by atoms with E-state index in [1.54, 1.807) is 20.8 Å². The van der Waals surface area contributed by atoms with Gasteiger partial charge in [0.05, 0.1) is 0 Å². The van der Waals surface area contributed by atoms with Gasteiger partial charge in [0.25, 0.3) is 11.8 Å². The van der Waals surface area contributed by atoms with E-state index in [4.69, 9.17) is 14.3 Å². The highest BCUT2D eigenvalue weighted by Crippen LogP contribution is 2.21. The van der Waals surface area contributed by atoms with Gasteiger partial charge in [0.2, 0.25) is 11.8 Å². The Labute approximate surface area is 309 Å². The number of likely N-dealkylation sites (N-methyl/N-ethyl adjacent to an activating group) is 1. The molecule has 288 valence electrons. The van der Waals surface area contributed by atoms with E-state index < -0.39 is 65.6 Å². The number of carbonyl (C=O) groups excluding carboxylic acids is 6. The van der Waals surface area contributed by atoms with Crippen LogP contribution in [0.15, 0.2) is 60.7 Å². The molecule has 2 saturated heterocycles. The van der Waals surface area contributed by atoms with Crippen LogP contribution in [-0.4, -0.2) is 106 Å². The van der Waals surface area contributed by atoms with Crippen molar-refractivity contribution in [3.05, 3.63) is 71.8 Å². The molecular formula is C37H51N7O9. The molecule has 16 nitrogen and oxygen atoms in total. The molecule has 0 aliphatic carbocycles. The van der Waals surface area contributed by atoms with Gasteiger partial charge >= 0.3 is 12.2 Å². The highest BCUT2D eigenvalue weighted by Gasteiger charge is 2.41. The number of hydroxylamine groups is 2. The first kappa shape index (κ1) is 40.5. The van der Waals surface area contributed by atoms with E-state index in [-0.39, 0.29) is 19.8 Å². The zero-order valence-electron chi connectivity index (χ0n) is 31.2. The molecule has 0 unspecified atom stereocenters. The molecule has 53 heavy (non-hydrogen) atoms. The molecule has 0 radical (unpaired) electrons. The summed E-state index contributed by atoms with van der Waals surface area (Å²) in [7, 11) is 1.44. The van der Waals surface area contributed by atoms with Gasteiger partial charge in [-0.3, -0.25) is 29.4 Å². The molecule has 0 spiro atoms. The number of hydrogen-bond donors (Lipinski definition) is 3. The van der Waals surface area contributed by atoms with Crippen LogP contribution in [0.4, 0.5) is 9.59 Å².